The van der Waals surface area contributed by atoms with Gasteiger partial charge in [0.25, 0.3) is 0 Å². The zero-order valence-corrected chi connectivity index (χ0v) is 12.9. The van der Waals surface area contributed by atoms with Crippen molar-refractivity contribution in [3.05, 3.63) is 64.8 Å². The molecule has 0 aliphatic carbocycles. The molecule has 0 amide bonds. The molecule has 0 saturated carbocycles. The summed E-state index contributed by atoms with van der Waals surface area (Å²) >= 11 is 1.63. The highest BCUT2D eigenvalue weighted by Crippen LogP contribution is 2.22. The van der Waals surface area contributed by atoms with Crippen LogP contribution in [0.25, 0.3) is 10.7 Å². The average molecular weight is 295 g/mol. The van der Waals surface area contributed by atoms with Crippen LogP contribution in [0.2, 0.25) is 0 Å². The molecule has 106 valence electrons. The van der Waals surface area contributed by atoms with E-state index in [9.17, 15) is 0 Å². The van der Waals surface area contributed by atoms with Crippen LogP contribution >= 0.6 is 11.3 Å². The van der Waals surface area contributed by atoms with E-state index >= 15 is 0 Å². The molecule has 21 heavy (non-hydrogen) atoms. The van der Waals surface area contributed by atoms with Gasteiger partial charge in [-0.3, -0.25) is 4.98 Å². The summed E-state index contributed by atoms with van der Waals surface area (Å²) in [6.45, 7) is 4.96. The molecule has 0 radical (unpaired) electrons. The lowest BCUT2D eigenvalue weighted by molar-refractivity contribution is 1.07. The quantitative estimate of drug-likeness (QED) is 0.773. The van der Waals surface area contributed by atoms with Gasteiger partial charge in [0.15, 0.2) is 0 Å². The zero-order chi connectivity index (χ0) is 14.7. The minimum absolute atomic E-state index is 0.729. The first-order valence-electron chi connectivity index (χ1n) is 6.89. The van der Waals surface area contributed by atoms with E-state index < -0.39 is 0 Å². The molecule has 0 bridgehead atoms. The Morgan fingerprint density at radius 3 is 2.81 bits per heavy atom. The molecule has 0 unspecified atom stereocenters. The van der Waals surface area contributed by atoms with Gasteiger partial charge < -0.3 is 5.32 Å². The summed E-state index contributed by atoms with van der Waals surface area (Å²) in [7, 11) is 0. The van der Waals surface area contributed by atoms with Gasteiger partial charge in [-0.25, -0.2) is 4.98 Å². The number of thiazole rings is 1. The molecule has 2 aromatic heterocycles. The third-order valence-corrected chi connectivity index (χ3v) is 4.19. The molecular formula is C17H17N3S. The number of nitrogens with zero attached hydrogens (tertiary/aromatic N) is 2. The second-order valence-corrected chi connectivity index (χ2v) is 5.89. The minimum atomic E-state index is 0.729. The van der Waals surface area contributed by atoms with Crippen LogP contribution in [-0.2, 0) is 6.54 Å². The van der Waals surface area contributed by atoms with Crippen molar-refractivity contribution >= 4 is 17.0 Å². The summed E-state index contributed by atoms with van der Waals surface area (Å²) in [6.07, 6.45) is 1.80. The van der Waals surface area contributed by atoms with Gasteiger partial charge in [-0.05, 0) is 37.6 Å². The molecule has 0 fully saturated rings. The molecule has 0 aliphatic heterocycles. The Balaban J connectivity index is 1.70. The lowest BCUT2D eigenvalue weighted by atomic mass is 10.1. The maximum Gasteiger partial charge on any atom is 0.142 e. The molecule has 0 atom stereocenters. The number of pyridine rings is 1. The molecular weight excluding hydrogens is 278 g/mol. The molecule has 1 aromatic carbocycles. The lowest BCUT2D eigenvalue weighted by Crippen LogP contribution is -2.01. The van der Waals surface area contributed by atoms with Crippen LogP contribution in [0.15, 0.2) is 48.0 Å². The van der Waals surface area contributed by atoms with Crippen molar-refractivity contribution in [2.24, 2.45) is 0 Å². The van der Waals surface area contributed by atoms with Crippen molar-refractivity contribution in [2.45, 2.75) is 20.4 Å². The third kappa shape index (κ3) is 3.28. The number of nitrogens with one attached hydrogen (secondary N) is 1. The van der Waals surface area contributed by atoms with Crippen LogP contribution in [0.1, 0.15) is 16.8 Å². The first kappa shape index (κ1) is 13.8. The Kier molecular flexibility index (Phi) is 3.97. The Bertz CT molecular complexity index is 735. The smallest absolute Gasteiger partial charge is 0.142 e. The maximum atomic E-state index is 4.64. The van der Waals surface area contributed by atoms with Crippen LogP contribution in [0.3, 0.4) is 0 Å². The van der Waals surface area contributed by atoms with E-state index in [0.29, 0.717) is 0 Å². The number of hydrogen-bond acceptors (Lipinski definition) is 4. The van der Waals surface area contributed by atoms with Gasteiger partial charge >= 0.3 is 0 Å². The second kappa shape index (κ2) is 6.06. The van der Waals surface area contributed by atoms with Gasteiger partial charge in [-0.15, -0.1) is 11.3 Å². The molecule has 0 aliphatic rings. The van der Waals surface area contributed by atoms with Crippen molar-refractivity contribution in [1.29, 1.82) is 0 Å². The van der Waals surface area contributed by atoms with E-state index in [1.54, 1.807) is 17.5 Å². The molecule has 4 heteroatoms. The van der Waals surface area contributed by atoms with Crippen LogP contribution in [0, 0.1) is 13.8 Å². The summed E-state index contributed by atoms with van der Waals surface area (Å²) in [5.41, 5.74) is 5.67. The topological polar surface area (TPSA) is 37.8 Å². The fourth-order valence-corrected chi connectivity index (χ4v) is 2.99. The summed E-state index contributed by atoms with van der Waals surface area (Å²) in [4.78, 5) is 8.97. The molecule has 3 rings (SSSR count). The van der Waals surface area contributed by atoms with Crippen LogP contribution in [-0.4, -0.2) is 9.97 Å². The van der Waals surface area contributed by atoms with Gasteiger partial charge in [0.05, 0.1) is 17.9 Å². The number of anilines is 1. The molecule has 1 N–H and O–H groups in total. The van der Waals surface area contributed by atoms with Crippen molar-refractivity contribution in [2.75, 3.05) is 5.32 Å². The normalized spacial score (nSPS) is 10.6. The predicted molar refractivity (Wildman–Crippen MR) is 88.6 cm³/mol. The van der Waals surface area contributed by atoms with Crippen LogP contribution in [0.4, 0.5) is 5.69 Å². The predicted octanol–water partition coefficient (Wildman–Crippen LogP) is 4.43. The highest BCUT2D eigenvalue weighted by atomic mass is 32.1. The average Bonchev–Trinajstić information content (AvgIpc) is 2.96. The second-order valence-electron chi connectivity index (χ2n) is 5.03. The number of aryl methyl sites for hydroxylation is 2. The van der Waals surface area contributed by atoms with Gasteiger partial charge in [0, 0.05) is 17.3 Å². The van der Waals surface area contributed by atoms with E-state index in [1.807, 2.05) is 18.2 Å². The van der Waals surface area contributed by atoms with Crippen molar-refractivity contribution in [1.82, 2.24) is 9.97 Å². The van der Waals surface area contributed by atoms with Gasteiger partial charge in [-0.2, -0.15) is 0 Å². The van der Waals surface area contributed by atoms with Crippen LogP contribution < -0.4 is 5.32 Å². The summed E-state index contributed by atoms with van der Waals surface area (Å²) in [6, 6.07) is 12.3. The van der Waals surface area contributed by atoms with Crippen LogP contribution in [0.5, 0.6) is 0 Å². The van der Waals surface area contributed by atoms with Crippen molar-refractivity contribution in [3.8, 4) is 10.7 Å². The minimum Gasteiger partial charge on any atom is -0.379 e. The van der Waals surface area contributed by atoms with E-state index in [0.717, 1.165) is 28.6 Å². The Morgan fingerprint density at radius 1 is 1.14 bits per heavy atom. The fourth-order valence-electron chi connectivity index (χ4n) is 2.19. The Hall–Kier alpha value is -2.20. The molecule has 3 nitrogen and oxygen atoms in total. The Morgan fingerprint density at radius 2 is 2.05 bits per heavy atom. The molecule has 0 saturated heterocycles. The zero-order valence-electron chi connectivity index (χ0n) is 12.1. The standard InChI is InChI=1S/C17H17N3S/c1-12-6-7-15(13(2)9-12)19-10-14-11-21-17(20-14)16-5-3-4-8-18-16/h3-9,11,19H,10H2,1-2H3. The monoisotopic (exact) mass is 295 g/mol. The van der Waals surface area contributed by atoms with Gasteiger partial charge in [0.2, 0.25) is 0 Å². The molecule has 2 heterocycles. The Labute approximate surface area is 128 Å². The number of hydrogen-bond donors (Lipinski definition) is 1. The van der Waals surface area contributed by atoms with Gasteiger partial charge in [0.1, 0.15) is 5.01 Å². The maximum absolute atomic E-state index is 4.64. The van der Waals surface area contributed by atoms with Crippen molar-refractivity contribution < 1.29 is 0 Å². The number of aromatic nitrogens is 2. The van der Waals surface area contributed by atoms with Gasteiger partial charge in [-0.1, -0.05) is 23.8 Å². The highest BCUT2D eigenvalue weighted by molar-refractivity contribution is 7.13. The molecule has 3 aromatic rings. The lowest BCUT2D eigenvalue weighted by Gasteiger charge is -2.08. The first-order valence-corrected chi connectivity index (χ1v) is 7.77. The van der Waals surface area contributed by atoms with E-state index in [-0.39, 0.29) is 0 Å². The van der Waals surface area contributed by atoms with E-state index in [1.165, 1.54) is 11.1 Å². The molecule has 0 spiro atoms. The first-order chi connectivity index (χ1) is 10.2. The SMILES string of the molecule is Cc1ccc(NCc2csc(-c3ccccn3)n2)c(C)c1. The fraction of sp³-hybridized carbons (Fsp3) is 0.176. The largest absolute Gasteiger partial charge is 0.379 e. The van der Waals surface area contributed by atoms with Crippen molar-refractivity contribution in [3.63, 3.8) is 0 Å². The number of rotatable bonds is 4. The summed E-state index contributed by atoms with van der Waals surface area (Å²) < 4.78 is 0. The summed E-state index contributed by atoms with van der Waals surface area (Å²) in [5, 5.41) is 6.49. The van der Waals surface area contributed by atoms with E-state index in [2.05, 4.69) is 52.7 Å². The summed E-state index contributed by atoms with van der Waals surface area (Å²) in [5.74, 6) is 0. The highest BCUT2D eigenvalue weighted by Gasteiger charge is 2.06. The van der Waals surface area contributed by atoms with E-state index in [4.69, 9.17) is 0 Å². The third-order valence-electron chi connectivity index (χ3n) is 3.28. The number of benzene rings is 1.